The first-order valence-corrected chi connectivity index (χ1v) is 6.09. The van der Waals surface area contributed by atoms with Crippen LogP contribution in [0.2, 0.25) is 0 Å². The molecule has 1 aromatic carbocycles. The summed E-state index contributed by atoms with van der Waals surface area (Å²) in [5, 5.41) is 6.88. The highest BCUT2D eigenvalue weighted by Crippen LogP contribution is 2.09. The molecule has 21 heavy (non-hydrogen) atoms. The van der Waals surface area contributed by atoms with Crippen LogP contribution in [-0.4, -0.2) is 26.7 Å². The fourth-order valence-electron chi connectivity index (χ4n) is 1.72. The highest BCUT2D eigenvalue weighted by molar-refractivity contribution is 5.85. The fraction of sp³-hybridized carbons (Fsp3) is 0.308. The van der Waals surface area contributed by atoms with Gasteiger partial charge in [-0.3, -0.25) is 4.79 Å². The van der Waals surface area contributed by atoms with Crippen molar-refractivity contribution < 1.29 is 4.79 Å². The molecule has 6 nitrogen and oxygen atoms in total. The van der Waals surface area contributed by atoms with Crippen LogP contribution in [0.4, 0.5) is 0 Å². The molecule has 0 fully saturated rings. The number of hydrogen-bond donors (Lipinski definition) is 2. The smallest absolute Gasteiger partial charge is 0.236 e. The lowest BCUT2D eigenvalue weighted by Gasteiger charge is -2.11. The number of halogens is 2. The first kappa shape index (κ1) is 19.4. The number of amides is 1. The zero-order chi connectivity index (χ0) is 13.7. The highest BCUT2D eigenvalue weighted by atomic mass is 35.5. The molecule has 1 amide bonds. The Labute approximate surface area is 135 Å². The SMILES string of the molecule is C[C@@H](N)C(=O)NCc1ccccc1Cn1cncn1.Cl.Cl. The van der Waals surface area contributed by atoms with Gasteiger partial charge in [-0.1, -0.05) is 24.3 Å². The van der Waals surface area contributed by atoms with Gasteiger partial charge in [-0.15, -0.1) is 24.8 Å². The minimum atomic E-state index is -0.498. The van der Waals surface area contributed by atoms with Gasteiger partial charge in [-0.25, -0.2) is 9.67 Å². The van der Waals surface area contributed by atoms with Crippen LogP contribution in [0.3, 0.4) is 0 Å². The molecule has 2 rings (SSSR count). The van der Waals surface area contributed by atoms with Crippen molar-refractivity contribution in [3.8, 4) is 0 Å². The van der Waals surface area contributed by atoms with Crippen LogP contribution in [0.15, 0.2) is 36.9 Å². The van der Waals surface area contributed by atoms with Crippen molar-refractivity contribution in [2.75, 3.05) is 0 Å². The van der Waals surface area contributed by atoms with Crippen LogP contribution in [0.5, 0.6) is 0 Å². The predicted octanol–water partition coefficient (Wildman–Crippen LogP) is 1.13. The number of nitrogens with one attached hydrogen (secondary N) is 1. The van der Waals surface area contributed by atoms with Crippen LogP contribution in [-0.2, 0) is 17.9 Å². The Balaban J connectivity index is 0.00000200. The molecule has 0 spiro atoms. The van der Waals surface area contributed by atoms with Gasteiger partial charge in [-0.2, -0.15) is 5.10 Å². The Morgan fingerprint density at radius 3 is 2.57 bits per heavy atom. The summed E-state index contributed by atoms with van der Waals surface area (Å²) in [7, 11) is 0. The summed E-state index contributed by atoms with van der Waals surface area (Å²) >= 11 is 0. The number of nitrogens with zero attached hydrogens (tertiary/aromatic N) is 3. The van der Waals surface area contributed by atoms with Gasteiger partial charge in [0.05, 0.1) is 12.6 Å². The van der Waals surface area contributed by atoms with E-state index in [1.54, 1.807) is 17.9 Å². The number of rotatable bonds is 5. The second-order valence-electron chi connectivity index (χ2n) is 4.37. The Morgan fingerprint density at radius 2 is 2.00 bits per heavy atom. The third kappa shape index (κ3) is 5.71. The summed E-state index contributed by atoms with van der Waals surface area (Å²) in [4.78, 5) is 15.4. The summed E-state index contributed by atoms with van der Waals surface area (Å²) in [5.74, 6) is -0.157. The van der Waals surface area contributed by atoms with Crippen LogP contribution in [0, 0.1) is 0 Å². The number of carbonyl (C=O) groups excluding carboxylic acids is 1. The average molecular weight is 332 g/mol. The molecule has 0 unspecified atom stereocenters. The van der Waals surface area contributed by atoms with Crippen molar-refractivity contribution in [3.63, 3.8) is 0 Å². The van der Waals surface area contributed by atoms with Crippen molar-refractivity contribution in [2.24, 2.45) is 5.73 Å². The number of nitrogens with two attached hydrogens (primary N) is 1. The highest BCUT2D eigenvalue weighted by Gasteiger charge is 2.08. The van der Waals surface area contributed by atoms with Gasteiger partial charge in [0.15, 0.2) is 0 Å². The zero-order valence-electron chi connectivity index (χ0n) is 11.6. The Bertz CT molecular complexity index is 545. The minimum absolute atomic E-state index is 0. The van der Waals surface area contributed by atoms with Crippen LogP contribution >= 0.6 is 24.8 Å². The fourth-order valence-corrected chi connectivity index (χ4v) is 1.72. The van der Waals surface area contributed by atoms with Crippen molar-refractivity contribution >= 4 is 30.7 Å². The Kier molecular flexibility index (Phi) is 8.61. The molecular weight excluding hydrogens is 313 g/mol. The Morgan fingerprint density at radius 1 is 1.33 bits per heavy atom. The van der Waals surface area contributed by atoms with Gasteiger partial charge in [-0.05, 0) is 18.1 Å². The molecule has 3 N–H and O–H groups in total. The van der Waals surface area contributed by atoms with E-state index in [-0.39, 0.29) is 30.7 Å². The number of hydrogen-bond acceptors (Lipinski definition) is 4. The maximum Gasteiger partial charge on any atom is 0.236 e. The topological polar surface area (TPSA) is 85.8 Å². The molecule has 8 heteroatoms. The molecule has 0 aliphatic carbocycles. The van der Waals surface area contributed by atoms with E-state index in [1.807, 2.05) is 24.3 Å². The summed E-state index contributed by atoms with van der Waals surface area (Å²) in [6.07, 6.45) is 3.16. The molecule has 0 bridgehead atoms. The van der Waals surface area contributed by atoms with Crippen LogP contribution in [0.25, 0.3) is 0 Å². The summed E-state index contributed by atoms with van der Waals surface area (Å²) in [5.41, 5.74) is 7.66. The van der Waals surface area contributed by atoms with E-state index < -0.39 is 6.04 Å². The minimum Gasteiger partial charge on any atom is -0.351 e. The van der Waals surface area contributed by atoms with E-state index in [9.17, 15) is 4.79 Å². The van der Waals surface area contributed by atoms with Gasteiger partial charge in [0.2, 0.25) is 5.91 Å². The first-order valence-electron chi connectivity index (χ1n) is 6.09. The lowest BCUT2D eigenvalue weighted by atomic mass is 10.1. The summed E-state index contributed by atoms with van der Waals surface area (Å²) < 4.78 is 1.74. The monoisotopic (exact) mass is 331 g/mol. The lowest BCUT2D eigenvalue weighted by molar-refractivity contribution is -0.122. The van der Waals surface area contributed by atoms with Crippen LogP contribution < -0.4 is 11.1 Å². The number of benzene rings is 1. The van der Waals surface area contributed by atoms with E-state index in [0.717, 1.165) is 11.1 Å². The maximum absolute atomic E-state index is 11.5. The molecular formula is C13H19Cl2N5O. The molecule has 116 valence electrons. The normalized spacial score (nSPS) is 11.0. The molecule has 0 saturated carbocycles. The third-order valence-electron chi connectivity index (χ3n) is 2.78. The number of carbonyl (C=O) groups is 1. The molecule has 2 aromatic rings. The zero-order valence-corrected chi connectivity index (χ0v) is 13.2. The molecule has 0 aliphatic rings. The van der Waals surface area contributed by atoms with E-state index in [1.165, 1.54) is 6.33 Å². The number of aromatic nitrogens is 3. The maximum atomic E-state index is 11.5. The molecule has 0 saturated heterocycles. The second-order valence-corrected chi connectivity index (χ2v) is 4.37. The summed E-state index contributed by atoms with van der Waals surface area (Å²) in [6, 6.07) is 7.40. The van der Waals surface area contributed by atoms with Gasteiger partial charge in [0.25, 0.3) is 0 Å². The average Bonchev–Trinajstić information content (AvgIpc) is 2.90. The van der Waals surface area contributed by atoms with E-state index in [4.69, 9.17) is 5.73 Å². The standard InChI is InChI=1S/C13H17N5O.2ClH/c1-10(14)13(19)16-6-11-4-2-3-5-12(11)7-18-9-15-8-17-18;;/h2-5,8-10H,6-7,14H2,1H3,(H,16,19);2*1H/t10-;;/m1../s1. The molecule has 0 radical (unpaired) electrons. The molecule has 1 heterocycles. The van der Waals surface area contributed by atoms with Crippen molar-refractivity contribution in [1.29, 1.82) is 0 Å². The summed E-state index contributed by atoms with van der Waals surface area (Å²) in [6.45, 7) is 2.76. The van der Waals surface area contributed by atoms with Crippen LogP contribution in [0.1, 0.15) is 18.1 Å². The Hall–Kier alpha value is -1.63. The van der Waals surface area contributed by atoms with E-state index >= 15 is 0 Å². The third-order valence-corrected chi connectivity index (χ3v) is 2.78. The second kappa shape index (κ2) is 9.33. The lowest BCUT2D eigenvalue weighted by Crippen LogP contribution is -2.38. The van der Waals surface area contributed by atoms with Crippen molar-refractivity contribution in [3.05, 3.63) is 48.0 Å². The van der Waals surface area contributed by atoms with Crippen molar-refractivity contribution in [2.45, 2.75) is 26.1 Å². The molecule has 1 atom stereocenters. The first-order chi connectivity index (χ1) is 9.16. The largest absolute Gasteiger partial charge is 0.351 e. The molecule has 0 aliphatic heterocycles. The van der Waals surface area contributed by atoms with Gasteiger partial charge in [0.1, 0.15) is 12.7 Å². The quantitative estimate of drug-likeness (QED) is 0.860. The van der Waals surface area contributed by atoms with E-state index in [0.29, 0.717) is 13.1 Å². The van der Waals surface area contributed by atoms with Gasteiger partial charge < -0.3 is 11.1 Å². The van der Waals surface area contributed by atoms with Crippen molar-refractivity contribution in [1.82, 2.24) is 20.1 Å². The van der Waals surface area contributed by atoms with Gasteiger partial charge in [0, 0.05) is 6.54 Å². The van der Waals surface area contributed by atoms with E-state index in [2.05, 4.69) is 15.4 Å². The van der Waals surface area contributed by atoms with Gasteiger partial charge >= 0.3 is 0 Å². The molecule has 1 aromatic heterocycles. The predicted molar refractivity (Wildman–Crippen MR) is 85.6 cm³/mol.